The third kappa shape index (κ3) is 3.07. The number of hydrogen-bond donors (Lipinski definition) is 2. The molecule has 0 saturated heterocycles. The summed E-state index contributed by atoms with van der Waals surface area (Å²) in [5.41, 5.74) is 3.33. The number of nitrogens with zero attached hydrogens (tertiary/aromatic N) is 3. The summed E-state index contributed by atoms with van der Waals surface area (Å²) < 4.78 is 1.89. The second-order valence-electron chi connectivity index (χ2n) is 6.47. The maximum atomic E-state index is 12.5. The minimum atomic E-state index is -0.240. The Kier molecular flexibility index (Phi) is 4.09. The first-order chi connectivity index (χ1) is 12.2. The van der Waals surface area contributed by atoms with Crippen LogP contribution in [0.1, 0.15) is 48.8 Å². The molecule has 0 spiro atoms. The van der Waals surface area contributed by atoms with Gasteiger partial charge in [-0.15, -0.1) is 10.2 Å². The number of benzene rings is 1. The average molecular weight is 335 g/mol. The Morgan fingerprint density at radius 2 is 2.04 bits per heavy atom. The number of rotatable bonds is 3. The summed E-state index contributed by atoms with van der Waals surface area (Å²) in [4.78, 5) is 12.5. The lowest BCUT2D eigenvalue weighted by molar-refractivity contribution is 0.232. The number of hydrogen-bond acceptors (Lipinski definition) is 3. The molecule has 0 fully saturated rings. The van der Waals surface area contributed by atoms with E-state index in [1.54, 1.807) is 0 Å². The monoisotopic (exact) mass is 335 g/mol. The fraction of sp³-hybridized carbons (Fsp3) is 0.316. The lowest BCUT2D eigenvalue weighted by Crippen LogP contribution is -2.40. The smallest absolute Gasteiger partial charge is 0.315 e. The van der Waals surface area contributed by atoms with Crippen LogP contribution < -0.4 is 10.6 Å². The lowest BCUT2D eigenvalue weighted by atomic mass is 9.88. The molecule has 0 bridgehead atoms. The zero-order valence-electron chi connectivity index (χ0n) is 14.1. The molecular weight excluding hydrogens is 314 g/mol. The molecule has 0 aliphatic heterocycles. The van der Waals surface area contributed by atoms with Crippen LogP contribution in [0.15, 0.2) is 48.7 Å². The predicted molar refractivity (Wildman–Crippen MR) is 95.2 cm³/mol. The first kappa shape index (κ1) is 15.6. The Labute approximate surface area is 146 Å². The van der Waals surface area contributed by atoms with Crippen molar-refractivity contribution in [1.82, 2.24) is 25.2 Å². The van der Waals surface area contributed by atoms with Crippen molar-refractivity contribution in [2.45, 2.75) is 38.3 Å². The van der Waals surface area contributed by atoms with Crippen molar-refractivity contribution in [3.05, 3.63) is 65.6 Å². The van der Waals surface area contributed by atoms with Crippen LogP contribution in [0.2, 0.25) is 0 Å². The summed E-state index contributed by atoms with van der Waals surface area (Å²) in [5, 5.41) is 14.4. The Hall–Kier alpha value is -2.89. The second-order valence-corrected chi connectivity index (χ2v) is 6.47. The molecule has 6 heteroatoms. The molecule has 2 heterocycles. The van der Waals surface area contributed by atoms with E-state index in [2.05, 4.69) is 39.0 Å². The van der Waals surface area contributed by atoms with Crippen molar-refractivity contribution in [3.63, 3.8) is 0 Å². The molecule has 0 saturated carbocycles. The lowest BCUT2D eigenvalue weighted by Gasteiger charge is -2.27. The minimum absolute atomic E-state index is 0.0623. The van der Waals surface area contributed by atoms with Gasteiger partial charge in [0, 0.05) is 6.20 Å². The quantitative estimate of drug-likeness (QED) is 0.772. The molecule has 2 atom stereocenters. The number of carbonyl (C=O) groups excluding carboxylic acids is 1. The highest BCUT2D eigenvalue weighted by atomic mass is 16.2. The van der Waals surface area contributed by atoms with Crippen LogP contribution in [-0.4, -0.2) is 20.6 Å². The van der Waals surface area contributed by atoms with Gasteiger partial charge in [-0.25, -0.2) is 4.79 Å². The minimum Gasteiger partial charge on any atom is -0.331 e. The summed E-state index contributed by atoms with van der Waals surface area (Å²) >= 11 is 0. The SMILES string of the molecule is CC(NC(=O)NC1CCCc2ccccc21)c1nnc2ccccn12. The van der Waals surface area contributed by atoms with Crippen LogP contribution in [0.4, 0.5) is 4.79 Å². The normalized spacial score (nSPS) is 17.7. The largest absolute Gasteiger partial charge is 0.331 e. The van der Waals surface area contributed by atoms with E-state index in [0.717, 1.165) is 30.7 Å². The molecule has 25 heavy (non-hydrogen) atoms. The van der Waals surface area contributed by atoms with Gasteiger partial charge in [0.05, 0.1) is 12.1 Å². The molecule has 2 amide bonds. The number of carbonyl (C=O) groups is 1. The average Bonchev–Trinajstić information content (AvgIpc) is 3.06. The summed E-state index contributed by atoms with van der Waals surface area (Å²) in [6.45, 7) is 1.91. The molecule has 1 aromatic carbocycles. The van der Waals surface area contributed by atoms with Gasteiger partial charge in [0.25, 0.3) is 0 Å². The van der Waals surface area contributed by atoms with Gasteiger partial charge < -0.3 is 10.6 Å². The Balaban J connectivity index is 1.46. The highest BCUT2D eigenvalue weighted by Crippen LogP contribution is 2.29. The fourth-order valence-electron chi connectivity index (χ4n) is 3.52. The van der Waals surface area contributed by atoms with Gasteiger partial charge in [-0.05, 0) is 49.4 Å². The van der Waals surface area contributed by atoms with Gasteiger partial charge in [0.1, 0.15) is 0 Å². The first-order valence-corrected chi connectivity index (χ1v) is 8.67. The first-order valence-electron chi connectivity index (χ1n) is 8.67. The van der Waals surface area contributed by atoms with Crippen molar-refractivity contribution < 1.29 is 4.79 Å². The third-order valence-corrected chi connectivity index (χ3v) is 4.75. The zero-order valence-corrected chi connectivity index (χ0v) is 14.1. The molecule has 2 unspecified atom stereocenters. The molecule has 2 aromatic heterocycles. The Morgan fingerprint density at radius 1 is 1.20 bits per heavy atom. The van der Waals surface area contributed by atoms with E-state index in [1.807, 2.05) is 41.8 Å². The zero-order chi connectivity index (χ0) is 17.2. The van der Waals surface area contributed by atoms with E-state index >= 15 is 0 Å². The van der Waals surface area contributed by atoms with E-state index in [-0.39, 0.29) is 18.1 Å². The summed E-state index contributed by atoms with van der Waals surface area (Å²) in [6, 6.07) is 13.7. The van der Waals surface area contributed by atoms with E-state index in [1.165, 1.54) is 11.1 Å². The van der Waals surface area contributed by atoms with Crippen LogP contribution in [0.3, 0.4) is 0 Å². The van der Waals surface area contributed by atoms with E-state index in [0.29, 0.717) is 0 Å². The van der Waals surface area contributed by atoms with Crippen molar-refractivity contribution in [2.24, 2.45) is 0 Å². The fourth-order valence-corrected chi connectivity index (χ4v) is 3.52. The highest BCUT2D eigenvalue weighted by molar-refractivity contribution is 5.75. The van der Waals surface area contributed by atoms with Crippen molar-refractivity contribution in [1.29, 1.82) is 0 Å². The summed E-state index contributed by atoms with van der Waals surface area (Å²) in [5.74, 6) is 0.717. The van der Waals surface area contributed by atoms with Gasteiger partial charge in [-0.1, -0.05) is 30.3 Å². The number of urea groups is 1. The predicted octanol–water partition coefficient (Wildman–Crippen LogP) is 3.17. The van der Waals surface area contributed by atoms with Crippen LogP contribution in [0.25, 0.3) is 5.65 Å². The molecule has 2 N–H and O–H groups in total. The van der Waals surface area contributed by atoms with Crippen LogP contribution in [-0.2, 0) is 6.42 Å². The van der Waals surface area contributed by atoms with Crippen molar-refractivity contribution in [2.75, 3.05) is 0 Å². The third-order valence-electron chi connectivity index (χ3n) is 4.75. The van der Waals surface area contributed by atoms with E-state index < -0.39 is 0 Å². The maximum Gasteiger partial charge on any atom is 0.315 e. The van der Waals surface area contributed by atoms with E-state index in [9.17, 15) is 4.79 Å². The van der Waals surface area contributed by atoms with Gasteiger partial charge in [-0.3, -0.25) is 4.40 Å². The number of nitrogens with one attached hydrogen (secondary N) is 2. The number of amides is 2. The number of aromatic nitrogens is 3. The Morgan fingerprint density at radius 3 is 2.96 bits per heavy atom. The molecule has 3 aromatic rings. The molecule has 1 aliphatic carbocycles. The summed E-state index contributed by atoms with van der Waals surface area (Å²) in [6.07, 6.45) is 5.04. The van der Waals surface area contributed by atoms with Crippen molar-refractivity contribution >= 4 is 11.7 Å². The van der Waals surface area contributed by atoms with Gasteiger partial charge >= 0.3 is 6.03 Å². The molecule has 4 rings (SSSR count). The molecular formula is C19H21N5O. The molecule has 1 aliphatic rings. The van der Waals surface area contributed by atoms with Gasteiger partial charge in [0.2, 0.25) is 0 Å². The number of fused-ring (bicyclic) bond motifs is 2. The summed E-state index contributed by atoms with van der Waals surface area (Å²) in [7, 11) is 0. The number of aryl methyl sites for hydroxylation is 1. The second kappa shape index (κ2) is 6.55. The highest BCUT2D eigenvalue weighted by Gasteiger charge is 2.23. The van der Waals surface area contributed by atoms with Gasteiger partial charge in [0.15, 0.2) is 11.5 Å². The van der Waals surface area contributed by atoms with Crippen LogP contribution >= 0.6 is 0 Å². The number of pyridine rings is 1. The maximum absolute atomic E-state index is 12.5. The Bertz CT molecular complexity index is 903. The van der Waals surface area contributed by atoms with Crippen LogP contribution in [0, 0.1) is 0 Å². The van der Waals surface area contributed by atoms with Crippen LogP contribution in [0.5, 0.6) is 0 Å². The van der Waals surface area contributed by atoms with Crippen molar-refractivity contribution in [3.8, 4) is 0 Å². The standard InChI is InChI=1S/C19H21N5O/c1-13(18-23-22-17-11-4-5-12-24(17)18)20-19(25)21-16-10-6-8-14-7-2-3-9-15(14)16/h2-5,7,9,11-13,16H,6,8,10H2,1H3,(H2,20,21,25). The van der Waals surface area contributed by atoms with E-state index in [4.69, 9.17) is 0 Å². The van der Waals surface area contributed by atoms with Gasteiger partial charge in [-0.2, -0.15) is 0 Å². The topological polar surface area (TPSA) is 71.3 Å². The molecule has 128 valence electrons. The molecule has 0 radical (unpaired) electrons. The molecule has 6 nitrogen and oxygen atoms in total.